The molecule has 1 aromatic carbocycles. The van der Waals surface area contributed by atoms with Crippen molar-refractivity contribution in [3.8, 4) is 0 Å². The molecule has 1 aromatic rings. The third kappa shape index (κ3) is 4.19. The second-order valence-corrected chi connectivity index (χ2v) is 5.36. The summed E-state index contributed by atoms with van der Waals surface area (Å²) in [6.45, 7) is 4.97. The van der Waals surface area contributed by atoms with Gasteiger partial charge in [0.25, 0.3) is 5.91 Å². The van der Waals surface area contributed by atoms with Gasteiger partial charge in [0, 0.05) is 24.3 Å². The molecule has 0 unspecified atom stereocenters. The number of hydrogen-bond acceptors (Lipinski definition) is 4. The van der Waals surface area contributed by atoms with Crippen molar-refractivity contribution in [1.82, 2.24) is 10.2 Å². The van der Waals surface area contributed by atoms with Crippen LogP contribution in [0.5, 0.6) is 0 Å². The third-order valence-electron chi connectivity index (χ3n) is 3.35. The molecular weight excluding hydrogens is 270 g/mol. The molecule has 0 saturated carbocycles. The van der Waals surface area contributed by atoms with Crippen LogP contribution in [-0.2, 0) is 9.53 Å². The molecule has 1 aliphatic heterocycles. The van der Waals surface area contributed by atoms with Crippen LogP contribution in [0.25, 0.3) is 0 Å². The molecule has 114 valence electrons. The van der Waals surface area contributed by atoms with Crippen molar-refractivity contribution in [2.24, 2.45) is 0 Å². The number of nitrogens with zero attached hydrogens (tertiary/aromatic N) is 1. The van der Waals surface area contributed by atoms with E-state index in [0.29, 0.717) is 24.3 Å². The fraction of sp³-hybridized carbons (Fsp3) is 0.467. The topological polar surface area (TPSA) is 84.7 Å². The Labute approximate surface area is 124 Å². The lowest BCUT2D eigenvalue weighted by Crippen LogP contribution is -2.51. The van der Waals surface area contributed by atoms with Gasteiger partial charge in [-0.15, -0.1) is 0 Å². The molecular formula is C15H21N3O3. The molecule has 1 heterocycles. The van der Waals surface area contributed by atoms with Crippen LogP contribution >= 0.6 is 0 Å². The lowest BCUT2D eigenvalue weighted by atomic mass is 10.2. The summed E-state index contributed by atoms with van der Waals surface area (Å²) in [5, 5.41) is 2.63. The summed E-state index contributed by atoms with van der Waals surface area (Å²) in [7, 11) is 0. The summed E-state index contributed by atoms with van der Waals surface area (Å²) in [4.78, 5) is 25.8. The first-order chi connectivity index (χ1) is 9.95. The van der Waals surface area contributed by atoms with Crippen molar-refractivity contribution in [2.75, 3.05) is 25.4 Å². The maximum atomic E-state index is 12.1. The molecule has 1 saturated heterocycles. The second kappa shape index (κ2) is 6.58. The number of rotatable bonds is 3. The highest BCUT2D eigenvalue weighted by molar-refractivity contribution is 5.96. The van der Waals surface area contributed by atoms with Crippen molar-refractivity contribution in [3.63, 3.8) is 0 Å². The van der Waals surface area contributed by atoms with Gasteiger partial charge in [-0.3, -0.25) is 9.59 Å². The van der Waals surface area contributed by atoms with Crippen LogP contribution < -0.4 is 11.1 Å². The number of ether oxygens (including phenoxy) is 1. The lowest BCUT2D eigenvalue weighted by Gasteiger charge is -2.35. The molecule has 2 rings (SSSR count). The van der Waals surface area contributed by atoms with Crippen LogP contribution in [0, 0.1) is 0 Å². The third-order valence-corrected chi connectivity index (χ3v) is 3.35. The number of anilines is 1. The smallest absolute Gasteiger partial charge is 0.251 e. The number of hydrogen-bond donors (Lipinski definition) is 2. The Bertz CT molecular complexity index is 505. The zero-order valence-corrected chi connectivity index (χ0v) is 12.3. The van der Waals surface area contributed by atoms with Crippen LogP contribution in [0.1, 0.15) is 24.2 Å². The van der Waals surface area contributed by atoms with Crippen molar-refractivity contribution in [3.05, 3.63) is 29.8 Å². The predicted octanol–water partition coefficient (Wildman–Crippen LogP) is 0.634. The van der Waals surface area contributed by atoms with Gasteiger partial charge in [-0.2, -0.15) is 0 Å². The van der Waals surface area contributed by atoms with E-state index in [9.17, 15) is 9.59 Å². The molecule has 6 heteroatoms. The highest BCUT2D eigenvalue weighted by Crippen LogP contribution is 2.10. The highest BCUT2D eigenvalue weighted by atomic mass is 16.5. The van der Waals surface area contributed by atoms with Gasteiger partial charge in [0.1, 0.15) is 0 Å². The zero-order valence-electron chi connectivity index (χ0n) is 12.3. The summed E-state index contributed by atoms with van der Waals surface area (Å²) < 4.78 is 5.58. The quantitative estimate of drug-likeness (QED) is 0.800. The predicted molar refractivity (Wildman–Crippen MR) is 79.8 cm³/mol. The minimum absolute atomic E-state index is 0.0113. The van der Waals surface area contributed by atoms with Crippen LogP contribution in [0.15, 0.2) is 24.3 Å². The largest absolute Gasteiger partial charge is 0.399 e. The second-order valence-electron chi connectivity index (χ2n) is 5.36. The standard InChI is InChI=1S/C15H21N3O3/c1-10-8-18(9-11(2)21-10)14(19)7-17-15(20)12-3-5-13(16)6-4-12/h3-6,10-11H,7-9,16H2,1-2H3,(H,17,20)/t10-,11+. The van der Waals surface area contributed by atoms with Gasteiger partial charge in [0.15, 0.2) is 0 Å². The number of carbonyl (C=O) groups excluding carboxylic acids is 2. The van der Waals surface area contributed by atoms with Crippen LogP contribution in [0.4, 0.5) is 5.69 Å². The van der Waals surface area contributed by atoms with Crippen LogP contribution in [-0.4, -0.2) is 48.6 Å². The van der Waals surface area contributed by atoms with Crippen LogP contribution in [0.2, 0.25) is 0 Å². The first-order valence-corrected chi connectivity index (χ1v) is 7.02. The van der Waals surface area contributed by atoms with E-state index in [1.165, 1.54) is 0 Å². The van der Waals surface area contributed by atoms with E-state index in [0.717, 1.165) is 0 Å². The van der Waals surface area contributed by atoms with E-state index in [1.54, 1.807) is 29.2 Å². The number of morpholine rings is 1. The van der Waals surface area contributed by atoms with Crippen LogP contribution in [0.3, 0.4) is 0 Å². The number of nitrogen functional groups attached to an aromatic ring is 1. The number of carbonyl (C=O) groups is 2. The number of amides is 2. The summed E-state index contributed by atoms with van der Waals surface area (Å²) in [5.41, 5.74) is 6.65. The molecule has 0 bridgehead atoms. The number of benzene rings is 1. The summed E-state index contributed by atoms with van der Waals surface area (Å²) in [5.74, 6) is -0.376. The lowest BCUT2D eigenvalue weighted by molar-refractivity contribution is -0.142. The first-order valence-electron chi connectivity index (χ1n) is 7.02. The zero-order chi connectivity index (χ0) is 15.4. The monoisotopic (exact) mass is 291 g/mol. The SMILES string of the molecule is C[C@@H]1CN(C(=O)CNC(=O)c2ccc(N)cc2)C[C@H](C)O1. The molecule has 0 spiro atoms. The molecule has 0 aliphatic carbocycles. The number of nitrogens with one attached hydrogen (secondary N) is 1. The maximum Gasteiger partial charge on any atom is 0.251 e. The summed E-state index contributed by atoms with van der Waals surface area (Å²) in [6.07, 6.45) is 0.0380. The summed E-state index contributed by atoms with van der Waals surface area (Å²) >= 11 is 0. The van der Waals surface area contributed by atoms with Gasteiger partial charge in [-0.25, -0.2) is 0 Å². The Morgan fingerprint density at radius 2 is 1.81 bits per heavy atom. The van der Waals surface area contributed by atoms with Crippen molar-refractivity contribution in [2.45, 2.75) is 26.1 Å². The molecule has 0 aromatic heterocycles. The Kier molecular flexibility index (Phi) is 4.80. The minimum atomic E-state index is -0.280. The Morgan fingerprint density at radius 1 is 1.24 bits per heavy atom. The highest BCUT2D eigenvalue weighted by Gasteiger charge is 2.25. The van der Waals surface area contributed by atoms with Gasteiger partial charge < -0.3 is 20.7 Å². The molecule has 2 atom stereocenters. The molecule has 2 amide bonds. The van der Waals surface area contributed by atoms with Gasteiger partial charge in [0.2, 0.25) is 5.91 Å². The fourth-order valence-corrected chi connectivity index (χ4v) is 2.39. The van der Waals surface area contributed by atoms with Gasteiger partial charge >= 0.3 is 0 Å². The van der Waals surface area contributed by atoms with Gasteiger partial charge in [0.05, 0.1) is 18.8 Å². The van der Waals surface area contributed by atoms with Gasteiger partial charge in [-0.1, -0.05) is 0 Å². The molecule has 6 nitrogen and oxygen atoms in total. The molecule has 1 aliphatic rings. The van der Waals surface area contributed by atoms with E-state index in [1.807, 2.05) is 13.8 Å². The van der Waals surface area contributed by atoms with E-state index < -0.39 is 0 Å². The Hall–Kier alpha value is -2.08. The normalized spacial score (nSPS) is 21.9. The minimum Gasteiger partial charge on any atom is -0.399 e. The first kappa shape index (κ1) is 15.3. The van der Waals surface area contributed by atoms with Crippen molar-refractivity contribution < 1.29 is 14.3 Å². The number of nitrogens with two attached hydrogens (primary N) is 1. The maximum absolute atomic E-state index is 12.1. The average Bonchev–Trinajstić information content (AvgIpc) is 2.44. The Balaban J connectivity index is 1.86. The van der Waals surface area contributed by atoms with E-state index in [-0.39, 0.29) is 30.6 Å². The summed E-state index contributed by atoms with van der Waals surface area (Å²) in [6, 6.07) is 6.58. The average molecular weight is 291 g/mol. The Morgan fingerprint density at radius 3 is 2.38 bits per heavy atom. The van der Waals surface area contributed by atoms with Gasteiger partial charge in [-0.05, 0) is 38.1 Å². The van der Waals surface area contributed by atoms with E-state index in [2.05, 4.69) is 5.32 Å². The van der Waals surface area contributed by atoms with E-state index >= 15 is 0 Å². The molecule has 21 heavy (non-hydrogen) atoms. The fourth-order valence-electron chi connectivity index (χ4n) is 2.39. The molecule has 0 radical (unpaired) electrons. The molecule has 3 N–H and O–H groups in total. The van der Waals surface area contributed by atoms with E-state index in [4.69, 9.17) is 10.5 Å². The van der Waals surface area contributed by atoms with Crippen molar-refractivity contribution in [1.29, 1.82) is 0 Å². The molecule has 1 fully saturated rings. The van der Waals surface area contributed by atoms with Crippen molar-refractivity contribution >= 4 is 17.5 Å².